The minimum Gasteiger partial charge on any atom is -0.497 e. The average molecular weight is 527 g/mol. The monoisotopic (exact) mass is 526 g/mol. The average Bonchev–Trinajstić information content (AvgIpc) is 3.58. The van der Waals surface area contributed by atoms with Crippen molar-refractivity contribution in [3.63, 3.8) is 0 Å². The summed E-state index contributed by atoms with van der Waals surface area (Å²) in [4.78, 5) is 30.9. The number of nitrogens with zero attached hydrogens (tertiary/aromatic N) is 2. The number of amides is 1. The maximum atomic E-state index is 13.1. The Morgan fingerprint density at radius 2 is 1.67 bits per heavy atom. The fourth-order valence-electron chi connectivity index (χ4n) is 4.77. The Bertz CT molecular complexity index is 1400. The molecule has 39 heavy (non-hydrogen) atoms. The first-order valence-corrected chi connectivity index (χ1v) is 12.9. The van der Waals surface area contributed by atoms with Gasteiger partial charge in [0.2, 0.25) is 5.89 Å². The van der Waals surface area contributed by atoms with Crippen LogP contribution < -0.4 is 14.2 Å². The number of ether oxygens (including phenoxy) is 3. The highest BCUT2D eigenvalue weighted by Gasteiger charge is 2.39. The fourth-order valence-corrected chi connectivity index (χ4v) is 4.77. The minimum absolute atomic E-state index is 0.269. The van der Waals surface area contributed by atoms with E-state index in [9.17, 15) is 9.59 Å². The summed E-state index contributed by atoms with van der Waals surface area (Å²) in [6.07, 6.45) is 2.10. The molecule has 4 aromatic rings. The number of hydrogen-bond acceptors (Lipinski definition) is 7. The van der Waals surface area contributed by atoms with Gasteiger partial charge in [-0.25, -0.2) is 9.78 Å². The summed E-state index contributed by atoms with van der Waals surface area (Å²) in [6, 6.07) is 23.3. The first kappa shape index (κ1) is 26.0. The molecule has 0 radical (unpaired) electrons. The zero-order chi connectivity index (χ0) is 27.2. The predicted molar refractivity (Wildman–Crippen MR) is 145 cm³/mol. The van der Waals surface area contributed by atoms with Crippen molar-refractivity contribution in [3.05, 3.63) is 95.9 Å². The van der Waals surface area contributed by atoms with Crippen LogP contribution in [0, 0.1) is 6.92 Å². The Labute approximate surface area is 227 Å². The van der Waals surface area contributed by atoms with Gasteiger partial charge in [0.1, 0.15) is 29.3 Å². The number of methoxy groups -OCH3 is 1. The number of carbonyl (C=O) groups is 2. The Hall–Kier alpha value is -4.59. The van der Waals surface area contributed by atoms with Gasteiger partial charge in [0.25, 0.3) is 0 Å². The third kappa shape index (κ3) is 5.95. The lowest BCUT2D eigenvalue weighted by atomic mass is 10.0. The van der Waals surface area contributed by atoms with Crippen LogP contribution in [0.25, 0.3) is 11.5 Å². The Balaban J connectivity index is 1.20. The number of oxazole rings is 1. The summed E-state index contributed by atoms with van der Waals surface area (Å²) in [5.41, 5.74) is 2.72. The van der Waals surface area contributed by atoms with Crippen LogP contribution in [0.4, 0.5) is 4.79 Å². The molecule has 0 N–H and O–H groups in total. The molecule has 0 aliphatic carbocycles. The van der Waals surface area contributed by atoms with Crippen molar-refractivity contribution in [1.82, 2.24) is 9.88 Å². The van der Waals surface area contributed by atoms with Crippen LogP contribution in [0.15, 0.2) is 83.3 Å². The molecule has 200 valence electrons. The van der Waals surface area contributed by atoms with Crippen molar-refractivity contribution in [2.45, 2.75) is 38.3 Å². The number of benzene rings is 3. The van der Waals surface area contributed by atoms with Crippen LogP contribution in [0.3, 0.4) is 0 Å². The number of likely N-dealkylation sites (tertiary alicyclic amines) is 1. The second-order valence-electron chi connectivity index (χ2n) is 9.30. The van der Waals surface area contributed by atoms with E-state index < -0.39 is 12.1 Å². The van der Waals surface area contributed by atoms with Gasteiger partial charge in [0.15, 0.2) is 0 Å². The summed E-state index contributed by atoms with van der Waals surface area (Å²) < 4.78 is 22.5. The number of aldehydes is 1. The number of carbonyl (C=O) groups excluding carboxylic acids is 2. The van der Waals surface area contributed by atoms with Crippen molar-refractivity contribution in [2.75, 3.05) is 13.7 Å². The predicted octanol–water partition coefficient (Wildman–Crippen LogP) is 6.18. The normalized spacial score (nSPS) is 16.6. The summed E-state index contributed by atoms with van der Waals surface area (Å²) in [5, 5.41) is 0. The number of aromatic nitrogens is 1. The first-order valence-electron chi connectivity index (χ1n) is 12.9. The third-order valence-electron chi connectivity index (χ3n) is 6.85. The lowest BCUT2D eigenvalue weighted by Crippen LogP contribution is -2.40. The molecule has 2 heterocycles. The van der Waals surface area contributed by atoms with Crippen LogP contribution in [0.5, 0.6) is 17.2 Å². The SMILES string of the molecule is COc1ccc(OC(=O)N2[C@@H](c3ccc(OCCc4nc(-c5ccccc5)oc4C)cc3)CC[C@@H]2C=O)cc1. The zero-order valence-electron chi connectivity index (χ0n) is 21.9. The molecule has 1 saturated heterocycles. The molecule has 8 heteroatoms. The molecule has 5 rings (SSSR count). The number of aryl methyl sites for hydroxylation is 1. The molecule has 1 aliphatic heterocycles. The molecule has 1 aliphatic rings. The Morgan fingerprint density at radius 3 is 2.36 bits per heavy atom. The van der Waals surface area contributed by atoms with Crippen molar-refractivity contribution in [2.24, 2.45) is 0 Å². The second kappa shape index (κ2) is 11.9. The third-order valence-corrected chi connectivity index (χ3v) is 6.85. The highest BCUT2D eigenvalue weighted by molar-refractivity contribution is 5.77. The van der Waals surface area contributed by atoms with Gasteiger partial charge >= 0.3 is 6.09 Å². The van der Waals surface area contributed by atoms with E-state index >= 15 is 0 Å². The van der Waals surface area contributed by atoms with Gasteiger partial charge in [0, 0.05) is 12.0 Å². The van der Waals surface area contributed by atoms with Crippen molar-refractivity contribution < 1.29 is 28.2 Å². The van der Waals surface area contributed by atoms with Crippen LogP contribution in [-0.4, -0.2) is 42.0 Å². The van der Waals surface area contributed by atoms with Crippen LogP contribution >= 0.6 is 0 Å². The zero-order valence-corrected chi connectivity index (χ0v) is 21.9. The Kier molecular flexibility index (Phi) is 7.91. The summed E-state index contributed by atoms with van der Waals surface area (Å²) in [7, 11) is 1.57. The van der Waals surface area contributed by atoms with E-state index in [1.807, 2.05) is 61.5 Å². The van der Waals surface area contributed by atoms with Crippen molar-refractivity contribution >= 4 is 12.4 Å². The molecule has 1 aromatic heterocycles. The van der Waals surface area contributed by atoms with E-state index in [4.69, 9.17) is 18.6 Å². The van der Waals surface area contributed by atoms with Gasteiger partial charge in [-0.05, 0) is 73.9 Å². The molecule has 3 aromatic carbocycles. The summed E-state index contributed by atoms with van der Waals surface area (Å²) in [6.45, 7) is 2.35. The molecule has 0 bridgehead atoms. The van der Waals surface area contributed by atoms with Gasteiger partial charge < -0.3 is 23.4 Å². The van der Waals surface area contributed by atoms with E-state index in [2.05, 4.69) is 4.98 Å². The Morgan fingerprint density at radius 1 is 0.974 bits per heavy atom. The quantitative estimate of drug-likeness (QED) is 0.240. The highest BCUT2D eigenvalue weighted by atomic mass is 16.6. The first-order chi connectivity index (χ1) is 19.1. The van der Waals surface area contributed by atoms with E-state index in [-0.39, 0.29) is 6.04 Å². The van der Waals surface area contributed by atoms with Gasteiger partial charge in [-0.3, -0.25) is 4.90 Å². The van der Waals surface area contributed by atoms with Crippen molar-refractivity contribution in [3.8, 4) is 28.7 Å². The minimum atomic E-state index is -0.557. The van der Waals surface area contributed by atoms with Crippen molar-refractivity contribution in [1.29, 1.82) is 0 Å². The van der Waals surface area contributed by atoms with Crippen LogP contribution in [0.1, 0.15) is 35.9 Å². The van der Waals surface area contributed by atoms with E-state index in [1.54, 1.807) is 31.4 Å². The van der Waals surface area contributed by atoms with Crippen LogP contribution in [-0.2, 0) is 11.2 Å². The molecular formula is C31H30N2O6. The molecule has 0 unspecified atom stereocenters. The summed E-state index contributed by atoms with van der Waals surface area (Å²) >= 11 is 0. The summed E-state index contributed by atoms with van der Waals surface area (Å²) in [5.74, 6) is 3.14. The van der Waals surface area contributed by atoms with Gasteiger partial charge in [-0.1, -0.05) is 30.3 Å². The highest BCUT2D eigenvalue weighted by Crippen LogP contribution is 2.37. The van der Waals surface area contributed by atoms with Gasteiger partial charge in [-0.15, -0.1) is 0 Å². The molecule has 1 fully saturated rings. The molecular weight excluding hydrogens is 496 g/mol. The van der Waals surface area contributed by atoms with E-state index in [0.29, 0.717) is 49.0 Å². The molecule has 1 amide bonds. The largest absolute Gasteiger partial charge is 0.497 e. The van der Waals surface area contributed by atoms with Gasteiger partial charge in [0.05, 0.1) is 31.5 Å². The number of hydrogen-bond donors (Lipinski definition) is 0. The molecule has 0 spiro atoms. The van der Waals surface area contributed by atoms with Crippen LogP contribution in [0.2, 0.25) is 0 Å². The smallest absolute Gasteiger partial charge is 0.416 e. The topological polar surface area (TPSA) is 91.1 Å². The molecule has 2 atom stereocenters. The fraction of sp³-hybridized carbons (Fsp3) is 0.258. The van der Waals surface area contributed by atoms with E-state index in [1.165, 1.54) is 4.90 Å². The molecule has 0 saturated carbocycles. The van der Waals surface area contributed by atoms with E-state index in [0.717, 1.165) is 28.9 Å². The lowest BCUT2D eigenvalue weighted by Gasteiger charge is -2.27. The maximum Gasteiger partial charge on any atom is 0.416 e. The standard InChI is InChI=1S/C31H30N2O6/c1-21-28(32-30(38-21)23-6-4-3-5-7-23)18-19-37-26-11-8-22(9-12-26)29-17-10-24(20-34)33(29)31(35)39-27-15-13-25(36-2)14-16-27/h3-9,11-16,20,24,29H,10,17-19H2,1-2H3/t24-,29-/m1/s1. The molecule has 8 nitrogen and oxygen atoms in total. The maximum absolute atomic E-state index is 13.1. The lowest BCUT2D eigenvalue weighted by molar-refractivity contribution is -0.111. The number of rotatable bonds is 9. The second-order valence-corrected chi connectivity index (χ2v) is 9.30. The van der Waals surface area contributed by atoms with Gasteiger partial charge in [-0.2, -0.15) is 0 Å².